The summed E-state index contributed by atoms with van der Waals surface area (Å²) in [6.07, 6.45) is 10.6. The maximum absolute atomic E-state index is 11.4. The van der Waals surface area contributed by atoms with Gasteiger partial charge in [0.05, 0.1) is 13.2 Å². The van der Waals surface area contributed by atoms with Crippen LogP contribution in [0.2, 0.25) is 0 Å². The Balaban J connectivity index is 0.000000814. The Bertz CT molecular complexity index is 751. The maximum Gasteiger partial charge on any atom is 0.219 e. The molecule has 1 saturated heterocycles. The predicted molar refractivity (Wildman–Crippen MR) is 162 cm³/mol. The van der Waals surface area contributed by atoms with Gasteiger partial charge in [0.25, 0.3) is 0 Å². The van der Waals surface area contributed by atoms with Gasteiger partial charge in [0, 0.05) is 39.5 Å². The lowest BCUT2D eigenvalue weighted by Crippen LogP contribution is -2.35. The molecule has 0 aromatic heterocycles. The molecule has 0 radical (unpaired) electrons. The van der Waals surface area contributed by atoms with E-state index in [1.807, 2.05) is 20.9 Å². The van der Waals surface area contributed by atoms with Crippen LogP contribution in [0, 0.1) is 0 Å². The number of nitrogens with zero attached hydrogens (tertiary/aromatic N) is 3. The molecule has 220 valence electrons. The van der Waals surface area contributed by atoms with E-state index >= 15 is 0 Å². The Morgan fingerprint density at radius 2 is 1.71 bits per heavy atom. The highest BCUT2D eigenvalue weighted by Gasteiger charge is 2.33. The fraction of sp³-hybridized carbons (Fsp3) is 0.750. The Kier molecular flexibility index (Phi) is 20.8. The van der Waals surface area contributed by atoms with Crippen molar-refractivity contribution >= 4 is 12.2 Å². The number of ether oxygens (including phenoxy) is 1. The van der Waals surface area contributed by atoms with Crippen molar-refractivity contribution in [2.75, 3.05) is 53.9 Å². The highest BCUT2D eigenvalue weighted by Crippen LogP contribution is 2.36. The van der Waals surface area contributed by atoms with Gasteiger partial charge in [0.2, 0.25) is 5.91 Å². The summed E-state index contributed by atoms with van der Waals surface area (Å²) in [4.78, 5) is 28.6. The zero-order chi connectivity index (χ0) is 28.9. The van der Waals surface area contributed by atoms with Gasteiger partial charge < -0.3 is 19.3 Å². The molecule has 1 aromatic carbocycles. The molecule has 2 aliphatic heterocycles. The van der Waals surface area contributed by atoms with Crippen LogP contribution in [-0.2, 0) is 16.0 Å². The van der Waals surface area contributed by atoms with Crippen molar-refractivity contribution in [2.45, 2.75) is 105 Å². The zero-order valence-corrected chi connectivity index (χ0v) is 26.2. The summed E-state index contributed by atoms with van der Waals surface area (Å²) in [5.74, 6) is 1.55. The summed E-state index contributed by atoms with van der Waals surface area (Å²) in [6, 6.07) is 6.87. The second-order valence-electron chi connectivity index (χ2n) is 10.4. The molecule has 3 rings (SSSR count). The van der Waals surface area contributed by atoms with Gasteiger partial charge in [0.15, 0.2) is 0 Å². The number of aldehydes is 1. The molecule has 2 unspecified atom stereocenters. The molecule has 0 spiro atoms. The first-order chi connectivity index (χ1) is 18.3. The Morgan fingerprint density at radius 1 is 1.05 bits per heavy atom. The minimum absolute atomic E-state index is 0.0881. The molecular weight excluding hydrogens is 474 g/mol. The molecular formula is C32H59N3O3. The first kappa shape index (κ1) is 36.1. The molecule has 6 heteroatoms. The molecule has 0 aliphatic carbocycles. The summed E-state index contributed by atoms with van der Waals surface area (Å²) in [7, 11) is 6.05. The number of carbonyl (C=O) groups excluding carboxylic acids is 2. The monoisotopic (exact) mass is 533 g/mol. The van der Waals surface area contributed by atoms with E-state index in [0.717, 1.165) is 51.0 Å². The number of hydrogen-bond acceptors (Lipinski definition) is 5. The van der Waals surface area contributed by atoms with E-state index in [9.17, 15) is 9.59 Å². The number of likely N-dealkylation sites (tertiary alicyclic amines) is 1. The van der Waals surface area contributed by atoms with Crippen LogP contribution >= 0.6 is 0 Å². The van der Waals surface area contributed by atoms with Gasteiger partial charge in [-0.25, -0.2) is 0 Å². The van der Waals surface area contributed by atoms with Crippen molar-refractivity contribution in [1.29, 1.82) is 0 Å². The minimum atomic E-state index is 0.0881. The molecule has 1 fully saturated rings. The van der Waals surface area contributed by atoms with Gasteiger partial charge in [-0.15, -0.1) is 0 Å². The van der Waals surface area contributed by atoms with E-state index in [1.54, 1.807) is 11.8 Å². The van der Waals surface area contributed by atoms with E-state index in [0.29, 0.717) is 18.5 Å². The average molecular weight is 534 g/mol. The third-order valence-corrected chi connectivity index (χ3v) is 7.02. The van der Waals surface area contributed by atoms with E-state index in [4.69, 9.17) is 4.74 Å². The van der Waals surface area contributed by atoms with Crippen molar-refractivity contribution in [1.82, 2.24) is 14.7 Å². The molecule has 2 heterocycles. The third-order valence-electron chi connectivity index (χ3n) is 7.02. The molecule has 2 aliphatic rings. The van der Waals surface area contributed by atoms with Crippen LogP contribution in [0.15, 0.2) is 18.2 Å². The Morgan fingerprint density at radius 3 is 2.21 bits per heavy atom. The van der Waals surface area contributed by atoms with Gasteiger partial charge in [0.1, 0.15) is 12.0 Å². The highest BCUT2D eigenvalue weighted by molar-refractivity contribution is 5.72. The van der Waals surface area contributed by atoms with E-state index in [1.165, 1.54) is 49.8 Å². The number of fused-ring (bicyclic) bond motifs is 1. The van der Waals surface area contributed by atoms with Crippen molar-refractivity contribution in [3.05, 3.63) is 29.3 Å². The number of amides is 1. The SMILES string of the molecule is CC.CC(=O)N(C)CCC1CC(c2ccc3c(c2)CCO3)CN1CC=O.CCCCC.CCCCN(C)C. The maximum atomic E-state index is 11.4. The fourth-order valence-corrected chi connectivity index (χ4v) is 4.63. The smallest absolute Gasteiger partial charge is 0.219 e. The van der Waals surface area contributed by atoms with E-state index in [-0.39, 0.29) is 5.91 Å². The number of carbonyl (C=O) groups is 2. The lowest BCUT2D eigenvalue weighted by Gasteiger charge is -2.24. The van der Waals surface area contributed by atoms with Gasteiger partial charge >= 0.3 is 0 Å². The van der Waals surface area contributed by atoms with Crippen LogP contribution in [0.25, 0.3) is 0 Å². The largest absolute Gasteiger partial charge is 0.493 e. The molecule has 0 bridgehead atoms. The van der Waals surface area contributed by atoms with Crippen molar-refractivity contribution < 1.29 is 14.3 Å². The van der Waals surface area contributed by atoms with Crippen molar-refractivity contribution in [3.8, 4) is 5.75 Å². The lowest BCUT2D eigenvalue weighted by molar-refractivity contribution is -0.127. The highest BCUT2D eigenvalue weighted by atomic mass is 16.5. The van der Waals surface area contributed by atoms with Gasteiger partial charge in [-0.2, -0.15) is 0 Å². The molecule has 0 N–H and O–H groups in total. The topological polar surface area (TPSA) is 53.1 Å². The van der Waals surface area contributed by atoms with E-state index < -0.39 is 0 Å². The summed E-state index contributed by atoms with van der Waals surface area (Å²) in [5.41, 5.74) is 2.65. The number of hydrogen-bond donors (Lipinski definition) is 0. The summed E-state index contributed by atoms with van der Waals surface area (Å²) < 4.78 is 5.59. The first-order valence-electron chi connectivity index (χ1n) is 15.1. The molecule has 2 atom stereocenters. The fourth-order valence-electron chi connectivity index (χ4n) is 4.63. The number of benzene rings is 1. The number of rotatable bonds is 11. The quantitative estimate of drug-likeness (QED) is 0.307. The summed E-state index contributed by atoms with van der Waals surface area (Å²) >= 11 is 0. The van der Waals surface area contributed by atoms with Crippen LogP contribution in [0.5, 0.6) is 5.75 Å². The van der Waals surface area contributed by atoms with Crippen LogP contribution < -0.4 is 4.74 Å². The van der Waals surface area contributed by atoms with Crippen molar-refractivity contribution in [2.24, 2.45) is 0 Å². The second-order valence-corrected chi connectivity index (χ2v) is 10.4. The first-order valence-corrected chi connectivity index (χ1v) is 15.1. The summed E-state index contributed by atoms with van der Waals surface area (Å²) in [6.45, 7) is 16.4. The average Bonchev–Trinajstić information content (AvgIpc) is 3.55. The lowest BCUT2D eigenvalue weighted by atomic mass is 9.93. The molecule has 1 aromatic rings. The third kappa shape index (κ3) is 14.3. The normalized spacial score (nSPS) is 17.6. The van der Waals surface area contributed by atoms with Crippen molar-refractivity contribution in [3.63, 3.8) is 0 Å². The van der Waals surface area contributed by atoms with Gasteiger partial charge in [-0.1, -0.05) is 72.4 Å². The van der Waals surface area contributed by atoms with Gasteiger partial charge in [-0.3, -0.25) is 9.69 Å². The predicted octanol–water partition coefficient (Wildman–Crippen LogP) is 6.42. The van der Waals surface area contributed by atoms with Gasteiger partial charge in [-0.05, 0) is 63.0 Å². The number of unbranched alkanes of at least 4 members (excludes halogenated alkanes) is 3. The Hall–Kier alpha value is -1.92. The standard InChI is InChI=1S/C19H26N2O3.C6H15N.C5H12.C2H6/c1-14(23)20(2)7-5-18-12-17(13-21(18)8-9-22)15-3-4-19-16(11-15)6-10-24-19;1-4-5-6-7(2)3;1-3-5-4-2;1-2/h3-4,9,11,17-18H,5-8,10,12-13H2,1-2H3;4-6H2,1-3H3;3-5H2,1-2H3;1-2H3. The van der Waals surface area contributed by atoms with Crippen LogP contribution in [0.4, 0.5) is 0 Å². The van der Waals surface area contributed by atoms with E-state index in [2.05, 4.69) is 62.9 Å². The molecule has 0 saturated carbocycles. The molecule has 1 amide bonds. The Labute approximate surface area is 235 Å². The second kappa shape index (κ2) is 22.0. The molecule has 6 nitrogen and oxygen atoms in total. The van der Waals surface area contributed by atoms with Crippen LogP contribution in [-0.4, -0.2) is 86.9 Å². The minimum Gasteiger partial charge on any atom is -0.493 e. The van der Waals surface area contributed by atoms with Crippen LogP contribution in [0.1, 0.15) is 104 Å². The zero-order valence-electron chi connectivity index (χ0n) is 26.2. The summed E-state index contributed by atoms with van der Waals surface area (Å²) in [5, 5.41) is 0. The molecule has 38 heavy (non-hydrogen) atoms. The van der Waals surface area contributed by atoms with Crippen LogP contribution in [0.3, 0.4) is 0 Å².